The molecule has 134 valence electrons. The molecule has 0 unspecified atom stereocenters. The molecule has 0 aromatic heterocycles. The number of carbonyl (C=O) groups is 2. The number of Topliss-reactive ketones (excluding diaryl/α,β-unsaturated/α-hetero) is 1. The third kappa shape index (κ3) is 3.29. The van der Waals surface area contributed by atoms with E-state index in [9.17, 15) is 28.5 Å². The molecule has 3 rings (SSSR count). The van der Waals surface area contributed by atoms with Gasteiger partial charge < -0.3 is 14.2 Å². The van der Waals surface area contributed by atoms with E-state index < -0.39 is 46.2 Å². The van der Waals surface area contributed by atoms with Crippen molar-refractivity contribution in [2.24, 2.45) is 0 Å². The van der Waals surface area contributed by atoms with Gasteiger partial charge in [0.15, 0.2) is 35.5 Å². The van der Waals surface area contributed by atoms with Crippen LogP contribution in [-0.4, -0.2) is 30.1 Å². The van der Waals surface area contributed by atoms with Gasteiger partial charge in [-0.3, -0.25) is 14.9 Å². The van der Waals surface area contributed by atoms with Gasteiger partial charge in [-0.15, -0.1) is 0 Å². The van der Waals surface area contributed by atoms with E-state index in [1.807, 2.05) is 0 Å². The number of carbonyl (C=O) groups excluding carboxylic acids is 2. The third-order valence-corrected chi connectivity index (χ3v) is 3.48. The number of benzene rings is 2. The van der Waals surface area contributed by atoms with Gasteiger partial charge in [-0.2, -0.15) is 0 Å². The van der Waals surface area contributed by atoms with Crippen molar-refractivity contribution in [3.05, 3.63) is 63.2 Å². The maximum Gasteiger partial charge on any atom is 0.345 e. The first-order valence-electron chi connectivity index (χ1n) is 7.10. The Morgan fingerprint density at radius 1 is 1.12 bits per heavy atom. The van der Waals surface area contributed by atoms with Crippen molar-refractivity contribution < 1.29 is 37.5 Å². The molecule has 2 aromatic rings. The average Bonchev–Trinajstić information content (AvgIpc) is 3.08. The zero-order valence-electron chi connectivity index (χ0n) is 12.9. The maximum atomic E-state index is 13.1. The Morgan fingerprint density at radius 3 is 2.46 bits per heavy atom. The Kier molecular flexibility index (Phi) is 4.48. The van der Waals surface area contributed by atoms with Crippen molar-refractivity contribution in [3.8, 4) is 11.5 Å². The fourth-order valence-electron chi connectivity index (χ4n) is 2.21. The van der Waals surface area contributed by atoms with Crippen molar-refractivity contribution in [2.45, 2.75) is 0 Å². The van der Waals surface area contributed by atoms with Gasteiger partial charge in [0.1, 0.15) is 5.56 Å². The summed E-state index contributed by atoms with van der Waals surface area (Å²) in [5, 5.41) is 11.1. The summed E-state index contributed by atoms with van der Waals surface area (Å²) in [6.07, 6.45) is 0. The Morgan fingerprint density at radius 2 is 1.81 bits per heavy atom. The normalized spacial score (nSPS) is 11.9. The van der Waals surface area contributed by atoms with Gasteiger partial charge in [0.2, 0.25) is 6.79 Å². The van der Waals surface area contributed by atoms with Crippen LogP contribution in [0, 0.1) is 21.7 Å². The quantitative estimate of drug-likeness (QED) is 0.347. The largest absolute Gasteiger partial charge is 0.454 e. The monoisotopic (exact) mass is 365 g/mol. The van der Waals surface area contributed by atoms with Crippen LogP contribution in [0.4, 0.5) is 14.5 Å². The number of ketones is 1. The van der Waals surface area contributed by atoms with Crippen molar-refractivity contribution in [2.75, 3.05) is 13.4 Å². The molecule has 0 radical (unpaired) electrons. The summed E-state index contributed by atoms with van der Waals surface area (Å²) in [6, 6.07) is 4.53. The second-order valence-corrected chi connectivity index (χ2v) is 5.11. The van der Waals surface area contributed by atoms with Gasteiger partial charge in [-0.05, 0) is 18.2 Å². The number of hydrogen-bond donors (Lipinski definition) is 0. The van der Waals surface area contributed by atoms with Gasteiger partial charge in [-0.1, -0.05) is 0 Å². The Labute approximate surface area is 144 Å². The van der Waals surface area contributed by atoms with Crippen LogP contribution in [0.1, 0.15) is 20.7 Å². The molecule has 1 aliphatic rings. The molecule has 0 bridgehead atoms. The molecule has 1 heterocycles. The van der Waals surface area contributed by atoms with E-state index in [4.69, 9.17) is 14.2 Å². The molecule has 2 aromatic carbocycles. The first-order chi connectivity index (χ1) is 12.4. The topological polar surface area (TPSA) is 105 Å². The second kappa shape index (κ2) is 6.75. The van der Waals surface area contributed by atoms with Gasteiger partial charge in [-0.25, -0.2) is 13.6 Å². The van der Waals surface area contributed by atoms with E-state index in [2.05, 4.69) is 0 Å². The van der Waals surface area contributed by atoms with Crippen LogP contribution in [0.15, 0.2) is 30.3 Å². The highest BCUT2D eigenvalue weighted by atomic mass is 19.2. The van der Waals surface area contributed by atoms with Crippen molar-refractivity contribution in [1.29, 1.82) is 0 Å². The SMILES string of the molecule is O=C(COC(=O)c1cc2c(cc1[N+](=O)[O-])OCO2)c1ccc(F)c(F)c1. The van der Waals surface area contributed by atoms with Crippen molar-refractivity contribution in [3.63, 3.8) is 0 Å². The van der Waals surface area contributed by atoms with E-state index in [0.29, 0.717) is 6.07 Å². The lowest BCUT2D eigenvalue weighted by molar-refractivity contribution is -0.385. The minimum atomic E-state index is -1.23. The van der Waals surface area contributed by atoms with Crippen LogP contribution in [0.3, 0.4) is 0 Å². The first kappa shape index (κ1) is 17.3. The summed E-state index contributed by atoms with van der Waals surface area (Å²) in [5.74, 6) is -4.09. The first-order valence-corrected chi connectivity index (χ1v) is 7.10. The number of fused-ring (bicyclic) bond motifs is 1. The fraction of sp³-hybridized carbons (Fsp3) is 0.125. The molecular weight excluding hydrogens is 356 g/mol. The average molecular weight is 365 g/mol. The van der Waals surface area contributed by atoms with Gasteiger partial charge in [0.25, 0.3) is 5.69 Å². The highest BCUT2D eigenvalue weighted by molar-refractivity contribution is 6.00. The molecule has 0 aliphatic carbocycles. The summed E-state index contributed by atoms with van der Waals surface area (Å²) >= 11 is 0. The van der Waals surface area contributed by atoms with E-state index >= 15 is 0 Å². The molecular formula is C16H9F2NO7. The summed E-state index contributed by atoms with van der Waals surface area (Å²) in [5.41, 5.74) is -1.23. The smallest absolute Gasteiger partial charge is 0.345 e. The van der Waals surface area contributed by atoms with Gasteiger partial charge >= 0.3 is 5.97 Å². The van der Waals surface area contributed by atoms with E-state index in [-0.39, 0.29) is 23.9 Å². The summed E-state index contributed by atoms with van der Waals surface area (Å²) in [4.78, 5) is 34.3. The minimum absolute atomic E-state index is 0.103. The predicted octanol–water partition coefficient (Wildman–Crippen LogP) is 2.64. The number of halogens is 2. The third-order valence-electron chi connectivity index (χ3n) is 3.48. The predicted molar refractivity (Wildman–Crippen MR) is 80.2 cm³/mol. The van der Waals surface area contributed by atoms with Crippen LogP contribution >= 0.6 is 0 Å². The molecule has 0 saturated carbocycles. The van der Waals surface area contributed by atoms with Crippen LogP contribution < -0.4 is 9.47 Å². The number of hydrogen-bond acceptors (Lipinski definition) is 7. The number of rotatable bonds is 5. The zero-order valence-corrected chi connectivity index (χ0v) is 12.9. The zero-order chi connectivity index (χ0) is 18.8. The van der Waals surface area contributed by atoms with E-state index in [1.165, 1.54) is 0 Å². The Balaban J connectivity index is 1.77. The van der Waals surface area contributed by atoms with Gasteiger partial charge in [0, 0.05) is 11.6 Å². The molecule has 0 saturated heterocycles. The lowest BCUT2D eigenvalue weighted by Gasteiger charge is -2.06. The summed E-state index contributed by atoms with van der Waals surface area (Å²) in [7, 11) is 0. The molecule has 0 fully saturated rings. The molecule has 8 nitrogen and oxygen atoms in total. The molecule has 0 atom stereocenters. The Hall–Kier alpha value is -3.56. The number of nitrogens with zero attached hydrogens (tertiary/aromatic N) is 1. The molecule has 1 aliphatic heterocycles. The van der Waals surface area contributed by atoms with Crippen molar-refractivity contribution >= 4 is 17.4 Å². The molecule has 0 N–H and O–H groups in total. The minimum Gasteiger partial charge on any atom is -0.454 e. The number of nitro groups is 1. The van der Waals surface area contributed by atoms with Crippen LogP contribution in [0.25, 0.3) is 0 Å². The molecule has 10 heteroatoms. The summed E-state index contributed by atoms with van der Waals surface area (Å²) < 4.78 is 40.8. The second-order valence-electron chi connectivity index (χ2n) is 5.11. The van der Waals surface area contributed by atoms with Crippen molar-refractivity contribution in [1.82, 2.24) is 0 Å². The molecule has 26 heavy (non-hydrogen) atoms. The lowest BCUT2D eigenvalue weighted by atomic mass is 10.1. The number of esters is 1. The fourth-order valence-corrected chi connectivity index (χ4v) is 2.21. The van der Waals surface area contributed by atoms with Crippen LogP contribution in [0.5, 0.6) is 11.5 Å². The Bertz CT molecular complexity index is 929. The van der Waals surface area contributed by atoms with Crippen LogP contribution in [0.2, 0.25) is 0 Å². The number of ether oxygens (including phenoxy) is 3. The van der Waals surface area contributed by atoms with Crippen LogP contribution in [-0.2, 0) is 4.74 Å². The van der Waals surface area contributed by atoms with E-state index in [1.54, 1.807) is 0 Å². The maximum absolute atomic E-state index is 13.1. The molecule has 0 amide bonds. The summed E-state index contributed by atoms with van der Waals surface area (Å²) in [6.45, 7) is -0.963. The van der Waals surface area contributed by atoms with E-state index in [0.717, 1.165) is 24.3 Å². The molecule has 0 spiro atoms. The highest BCUT2D eigenvalue weighted by Crippen LogP contribution is 2.38. The standard InChI is InChI=1S/C16H9F2NO7/c17-10-2-1-8(3-11(10)18)13(20)6-24-16(21)9-4-14-15(26-7-25-14)5-12(9)19(22)23/h1-5H,6-7H2. The highest BCUT2D eigenvalue weighted by Gasteiger charge is 2.28. The number of nitro benzene ring substituents is 1. The van der Waals surface area contributed by atoms with Gasteiger partial charge in [0.05, 0.1) is 11.0 Å². The lowest BCUT2D eigenvalue weighted by Crippen LogP contribution is -2.15.